The molecule has 1 aromatic carbocycles. The van der Waals surface area contributed by atoms with E-state index in [1.807, 2.05) is 25.1 Å². The molecule has 0 saturated carbocycles. The topological polar surface area (TPSA) is 48.7 Å². The predicted octanol–water partition coefficient (Wildman–Crippen LogP) is 4.53. The van der Waals surface area contributed by atoms with Gasteiger partial charge in [0.15, 0.2) is 0 Å². The molecule has 0 spiro atoms. The molecule has 1 aromatic heterocycles. The van der Waals surface area contributed by atoms with Gasteiger partial charge in [0.1, 0.15) is 11.9 Å². The van der Waals surface area contributed by atoms with Crippen LogP contribution in [-0.4, -0.2) is 4.98 Å². The van der Waals surface area contributed by atoms with Gasteiger partial charge in [-0.15, -0.1) is 0 Å². The number of hydrogen-bond donors (Lipinski definition) is 1. The molecule has 0 aliphatic rings. The lowest BCUT2D eigenvalue weighted by atomic mass is 10.2. The number of aryl methyl sites for hydroxylation is 1. The minimum Gasteiger partial charge on any atom is -0.339 e. The molecule has 0 radical (unpaired) electrons. The fraction of sp³-hybridized carbons (Fsp3) is 0.0769. The Hall–Kier alpha value is -1.38. The van der Waals surface area contributed by atoms with E-state index in [1.165, 1.54) is 0 Å². The van der Waals surface area contributed by atoms with Crippen molar-refractivity contribution in [1.82, 2.24) is 4.98 Å². The molecule has 0 fully saturated rings. The minimum absolute atomic E-state index is 0.577. The first-order valence-electron chi connectivity index (χ1n) is 5.19. The van der Waals surface area contributed by atoms with Gasteiger partial charge in [-0.2, -0.15) is 5.26 Å². The van der Waals surface area contributed by atoms with Crippen molar-refractivity contribution in [3.05, 3.63) is 50.5 Å². The quantitative estimate of drug-likeness (QED) is 0.849. The van der Waals surface area contributed by atoms with Crippen LogP contribution in [0, 0.1) is 18.3 Å². The van der Waals surface area contributed by atoms with Gasteiger partial charge >= 0.3 is 0 Å². The number of nitrogens with one attached hydrogen (secondary N) is 1. The number of rotatable bonds is 2. The minimum atomic E-state index is 0.577. The van der Waals surface area contributed by atoms with Gasteiger partial charge in [0.2, 0.25) is 0 Å². The number of benzene rings is 1. The SMILES string of the molecule is Cc1cc(Br)cnc1Nc1ccc(Br)cc1C#N. The number of pyridine rings is 1. The van der Waals surface area contributed by atoms with Crippen molar-refractivity contribution in [2.45, 2.75) is 6.92 Å². The van der Waals surface area contributed by atoms with Crippen molar-refractivity contribution in [3.8, 4) is 6.07 Å². The molecule has 0 aliphatic carbocycles. The molecule has 2 aromatic rings. The van der Waals surface area contributed by atoms with Crippen molar-refractivity contribution in [1.29, 1.82) is 5.26 Å². The fourth-order valence-electron chi connectivity index (χ4n) is 1.52. The number of nitriles is 1. The van der Waals surface area contributed by atoms with Crippen LogP contribution >= 0.6 is 31.9 Å². The smallest absolute Gasteiger partial charge is 0.133 e. The highest BCUT2D eigenvalue weighted by Gasteiger charge is 2.06. The Balaban J connectivity index is 2.37. The maximum absolute atomic E-state index is 9.10. The molecule has 0 atom stereocenters. The van der Waals surface area contributed by atoms with Crippen LogP contribution in [0.25, 0.3) is 0 Å². The molecule has 3 nitrogen and oxygen atoms in total. The largest absolute Gasteiger partial charge is 0.339 e. The molecule has 0 unspecified atom stereocenters. The second-order valence-electron chi connectivity index (χ2n) is 3.75. The van der Waals surface area contributed by atoms with E-state index in [2.05, 4.69) is 48.2 Å². The Morgan fingerprint density at radius 3 is 2.67 bits per heavy atom. The summed E-state index contributed by atoms with van der Waals surface area (Å²) < 4.78 is 1.81. The zero-order valence-electron chi connectivity index (χ0n) is 9.54. The van der Waals surface area contributed by atoms with E-state index in [0.717, 1.165) is 26.0 Å². The summed E-state index contributed by atoms with van der Waals surface area (Å²) in [6.07, 6.45) is 1.72. The average Bonchev–Trinajstić information content (AvgIpc) is 2.34. The third kappa shape index (κ3) is 2.89. The number of anilines is 2. The molecule has 18 heavy (non-hydrogen) atoms. The summed E-state index contributed by atoms with van der Waals surface area (Å²) in [6.45, 7) is 1.96. The molecule has 2 rings (SSSR count). The van der Waals surface area contributed by atoms with E-state index < -0.39 is 0 Å². The predicted molar refractivity (Wildman–Crippen MR) is 78.8 cm³/mol. The van der Waals surface area contributed by atoms with Crippen LogP contribution in [0.15, 0.2) is 39.4 Å². The van der Waals surface area contributed by atoms with Gasteiger partial charge in [-0.3, -0.25) is 0 Å². The van der Waals surface area contributed by atoms with Gasteiger partial charge in [-0.1, -0.05) is 15.9 Å². The van der Waals surface area contributed by atoms with Crippen molar-refractivity contribution in [3.63, 3.8) is 0 Å². The molecule has 1 N–H and O–H groups in total. The Morgan fingerprint density at radius 1 is 1.22 bits per heavy atom. The summed E-state index contributed by atoms with van der Waals surface area (Å²) in [4.78, 5) is 4.29. The first-order chi connectivity index (χ1) is 8.60. The Bertz CT molecular complexity index is 633. The third-order valence-corrected chi connectivity index (χ3v) is 3.33. The van der Waals surface area contributed by atoms with Crippen molar-refractivity contribution in [2.24, 2.45) is 0 Å². The second-order valence-corrected chi connectivity index (χ2v) is 5.58. The van der Waals surface area contributed by atoms with Crippen LogP contribution in [0.2, 0.25) is 0 Å². The average molecular weight is 367 g/mol. The van der Waals surface area contributed by atoms with Gasteiger partial charge in [0.25, 0.3) is 0 Å². The number of hydrogen-bond acceptors (Lipinski definition) is 3. The number of halogens is 2. The van der Waals surface area contributed by atoms with Gasteiger partial charge in [0.05, 0.1) is 11.3 Å². The fourth-order valence-corrected chi connectivity index (χ4v) is 2.32. The maximum atomic E-state index is 9.10. The number of nitrogens with zero attached hydrogens (tertiary/aromatic N) is 2. The first kappa shape index (κ1) is 13.1. The Morgan fingerprint density at radius 2 is 2.00 bits per heavy atom. The van der Waals surface area contributed by atoms with E-state index in [-0.39, 0.29) is 0 Å². The van der Waals surface area contributed by atoms with Gasteiger partial charge in [-0.05, 0) is 52.7 Å². The second kappa shape index (κ2) is 5.51. The van der Waals surface area contributed by atoms with E-state index in [9.17, 15) is 0 Å². The first-order valence-corrected chi connectivity index (χ1v) is 6.77. The van der Waals surface area contributed by atoms with Crippen molar-refractivity contribution < 1.29 is 0 Å². The summed E-state index contributed by atoms with van der Waals surface area (Å²) in [5, 5.41) is 12.3. The van der Waals surface area contributed by atoms with Crippen molar-refractivity contribution in [2.75, 3.05) is 5.32 Å². The normalized spacial score (nSPS) is 9.89. The summed E-state index contributed by atoms with van der Waals surface area (Å²) in [5.74, 6) is 0.747. The zero-order valence-corrected chi connectivity index (χ0v) is 12.7. The number of aromatic nitrogens is 1. The van der Waals surface area contributed by atoms with Crippen LogP contribution < -0.4 is 5.32 Å². The van der Waals surface area contributed by atoms with E-state index in [1.54, 1.807) is 12.3 Å². The summed E-state index contributed by atoms with van der Waals surface area (Å²) in [5.41, 5.74) is 2.34. The van der Waals surface area contributed by atoms with Crippen LogP contribution in [0.5, 0.6) is 0 Å². The van der Waals surface area contributed by atoms with Gasteiger partial charge in [-0.25, -0.2) is 4.98 Å². The molecule has 0 bridgehead atoms. The lowest BCUT2D eigenvalue weighted by Crippen LogP contribution is -1.98. The molecule has 90 valence electrons. The molecular formula is C13H9Br2N3. The zero-order chi connectivity index (χ0) is 13.1. The van der Waals surface area contributed by atoms with E-state index >= 15 is 0 Å². The molecular weight excluding hydrogens is 358 g/mol. The summed E-state index contributed by atoms with van der Waals surface area (Å²) in [6, 6.07) is 9.64. The monoisotopic (exact) mass is 365 g/mol. The Labute approximate surface area is 122 Å². The van der Waals surface area contributed by atoms with Crippen LogP contribution in [0.4, 0.5) is 11.5 Å². The standard InChI is InChI=1S/C13H9Br2N3/c1-8-4-11(15)7-17-13(8)18-12-3-2-10(14)5-9(12)6-16/h2-5,7H,1H3,(H,17,18). The highest BCUT2D eigenvalue weighted by molar-refractivity contribution is 9.10. The van der Waals surface area contributed by atoms with Gasteiger partial charge in [0, 0.05) is 15.1 Å². The highest BCUT2D eigenvalue weighted by atomic mass is 79.9. The third-order valence-electron chi connectivity index (χ3n) is 2.40. The molecule has 0 saturated heterocycles. The Kier molecular flexibility index (Phi) is 4.00. The lowest BCUT2D eigenvalue weighted by molar-refractivity contribution is 1.24. The summed E-state index contributed by atoms with van der Waals surface area (Å²) >= 11 is 6.72. The van der Waals surface area contributed by atoms with Crippen LogP contribution in [-0.2, 0) is 0 Å². The summed E-state index contributed by atoms with van der Waals surface area (Å²) in [7, 11) is 0. The molecule has 0 aliphatic heterocycles. The molecule has 1 heterocycles. The van der Waals surface area contributed by atoms with Gasteiger partial charge < -0.3 is 5.32 Å². The molecule has 5 heteroatoms. The molecule has 0 amide bonds. The van der Waals surface area contributed by atoms with Crippen LogP contribution in [0.1, 0.15) is 11.1 Å². The van der Waals surface area contributed by atoms with E-state index in [0.29, 0.717) is 5.56 Å². The van der Waals surface area contributed by atoms with Crippen LogP contribution in [0.3, 0.4) is 0 Å². The lowest BCUT2D eigenvalue weighted by Gasteiger charge is -2.10. The highest BCUT2D eigenvalue weighted by Crippen LogP contribution is 2.25. The maximum Gasteiger partial charge on any atom is 0.133 e. The van der Waals surface area contributed by atoms with E-state index in [4.69, 9.17) is 5.26 Å². The van der Waals surface area contributed by atoms with Crippen molar-refractivity contribution >= 4 is 43.4 Å².